The molecule has 1 aliphatic rings. The zero-order valence-corrected chi connectivity index (χ0v) is 12.8. The summed E-state index contributed by atoms with van der Waals surface area (Å²) in [6, 6.07) is 12.8. The van der Waals surface area contributed by atoms with Gasteiger partial charge in [0.1, 0.15) is 5.69 Å². The number of amides is 1. The Morgan fingerprint density at radius 1 is 1.17 bits per heavy atom. The normalized spacial score (nSPS) is 13.4. The van der Waals surface area contributed by atoms with Crippen LogP contribution in [0.5, 0.6) is 0 Å². The van der Waals surface area contributed by atoms with E-state index in [1.165, 1.54) is 0 Å². The van der Waals surface area contributed by atoms with Crippen molar-refractivity contribution in [2.45, 2.75) is 13.1 Å². The number of carbonyl (C=O) groups excluding carboxylic acids is 1. The third-order valence-corrected chi connectivity index (χ3v) is 4.13. The molecule has 0 saturated carbocycles. The van der Waals surface area contributed by atoms with Crippen LogP contribution in [0.2, 0.25) is 5.02 Å². The Bertz CT molecular complexity index is 891. The molecule has 0 fully saturated rings. The Labute approximate surface area is 137 Å². The Kier molecular flexibility index (Phi) is 3.35. The fourth-order valence-corrected chi connectivity index (χ4v) is 2.91. The maximum atomic E-state index is 12.3. The van der Waals surface area contributed by atoms with Crippen LogP contribution >= 0.6 is 11.6 Å². The fourth-order valence-electron chi connectivity index (χ4n) is 2.68. The molecule has 3 aromatic rings. The van der Waals surface area contributed by atoms with Crippen LogP contribution in [0.15, 0.2) is 53.2 Å². The van der Waals surface area contributed by atoms with Crippen LogP contribution in [0.4, 0.5) is 0 Å². The summed E-state index contributed by atoms with van der Waals surface area (Å²) < 4.78 is 5.36. The van der Waals surface area contributed by atoms with E-state index in [4.69, 9.17) is 16.1 Å². The van der Waals surface area contributed by atoms with Gasteiger partial charge in [0, 0.05) is 17.8 Å². The summed E-state index contributed by atoms with van der Waals surface area (Å²) in [5.41, 5.74) is 2.91. The Balaban J connectivity index is 1.56. The van der Waals surface area contributed by atoms with Gasteiger partial charge in [-0.25, -0.2) is 0 Å². The van der Waals surface area contributed by atoms with E-state index in [1.807, 2.05) is 24.3 Å². The minimum atomic E-state index is -0.0382. The highest BCUT2D eigenvalue weighted by Gasteiger charge is 2.29. The summed E-state index contributed by atoms with van der Waals surface area (Å²) in [5.74, 6) is 0.574. The predicted octanol–water partition coefficient (Wildman–Crippen LogP) is 3.55. The maximum Gasteiger partial charge on any atom is 0.256 e. The number of hydrogen-bond donors (Lipinski definition) is 0. The Hall–Kier alpha value is -2.66. The van der Waals surface area contributed by atoms with Crippen molar-refractivity contribution < 1.29 is 9.32 Å². The number of rotatable bonds is 3. The molecule has 0 saturated heterocycles. The first-order valence-corrected chi connectivity index (χ1v) is 7.54. The van der Waals surface area contributed by atoms with Crippen LogP contribution < -0.4 is 0 Å². The number of benzene rings is 1. The van der Waals surface area contributed by atoms with E-state index in [9.17, 15) is 4.79 Å². The monoisotopic (exact) mass is 325 g/mol. The summed E-state index contributed by atoms with van der Waals surface area (Å²) in [6.45, 7) is 0.837. The molecule has 1 aromatic carbocycles. The van der Waals surface area contributed by atoms with Crippen LogP contribution in [-0.2, 0) is 13.1 Å². The third kappa shape index (κ3) is 2.49. The molecule has 114 valence electrons. The highest BCUT2D eigenvalue weighted by atomic mass is 35.5. The van der Waals surface area contributed by atoms with Crippen LogP contribution in [0, 0.1) is 0 Å². The van der Waals surface area contributed by atoms with Crippen molar-refractivity contribution in [3.8, 4) is 11.3 Å². The van der Waals surface area contributed by atoms with E-state index in [0.717, 1.165) is 11.3 Å². The number of aromatic nitrogens is 2. The van der Waals surface area contributed by atoms with E-state index < -0.39 is 0 Å². The summed E-state index contributed by atoms with van der Waals surface area (Å²) in [4.78, 5) is 18.3. The molecular formula is C17H12ClN3O2. The first-order chi connectivity index (χ1) is 11.2. The van der Waals surface area contributed by atoms with E-state index >= 15 is 0 Å². The van der Waals surface area contributed by atoms with Gasteiger partial charge in [-0.05, 0) is 18.2 Å². The molecule has 0 radical (unpaired) electrons. The number of fused-ring (bicyclic) bond motifs is 1. The van der Waals surface area contributed by atoms with Crippen molar-refractivity contribution >= 4 is 17.5 Å². The maximum absolute atomic E-state index is 12.3. The number of pyridine rings is 1. The highest BCUT2D eigenvalue weighted by Crippen LogP contribution is 2.28. The van der Waals surface area contributed by atoms with Crippen molar-refractivity contribution in [2.75, 3.05) is 0 Å². The summed E-state index contributed by atoms with van der Waals surface area (Å²) in [7, 11) is 0. The molecule has 1 amide bonds. The quantitative estimate of drug-likeness (QED) is 0.739. The van der Waals surface area contributed by atoms with Crippen molar-refractivity contribution in [3.63, 3.8) is 0 Å². The Morgan fingerprint density at radius 3 is 2.83 bits per heavy atom. The SMILES string of the molecule is O=C1c2cccnc2CN1Cc1cc(-c2ccccc2Cl)no1. The summed E-state index contributed by atoms with van der Waals surface area (Å²) >= 11 is 6.17. The number of hydrogen-bond acceptors (Lipinski definition) is 4. The average molecular weight is 326 g/mol. The fraction of sp³-hybridized carbons (Fsp3) is 0.118. The lowest BCUT2D eigenvalue weighted by Gasteiger charge is -2.12. The molecule has 0 atom stereocenters. The van der Waals surface area contributed by atoms with Gasteiger partial charge in [-0.15, -0.1) is 0 Å². The van der Waals surface area contributed by atoms with Crippen molar-refractivity contribution in [1.29, 1.82) is 0 Å². The van der Waals surface area contributed by atoms with Crippen molar-refractivity contribution in [3.05, 3.63) is 70.7 Å². The van der Waals surface area contributed by atoms with E-state index in [1.54, 1.807) is 29.3 Å². The van der Waals surface area contributed by atoms with Gasteiger partial charge in [-0.3, -0.25) is 9.78 Å². The molecule has 1 aliphatic heterocycles. The molecule has 4 rings (SSSR count). The molecule has 3 heterocycles. The summed E-state index contributed by atoms with van der Waals surface area (Å²) in [5, 5.41) is 4.66. The third-order valence-electron chi connectivity index (χ3n) is 3.80. The van der Waals surface area contributed by atoms with E-state index in [2.05, 4.69) is 10.1 Å². The lowest BCUT2D eigenvalue weighted by Crippen LogP contribution is -2.22. The lowest BCUT2D eigenvalue weighted by atomic mass is 10.1. The molecule has 0 N–H and O–H groups in total. The molecule has 5 nitrogen and oxygen atoms in total. The first-order valence-electron chi connectivity index (χ1n) is 7.16. The second kappa shape index (κ2) is 5.52. The van der Waals surface area contributed by atoms with Crippen LogP contribution in [0.3, 0.4) is 0 Å². The van der Waals surface area contributed by atoms with Crippen LogP contribution in [0.1, 0.15) is 21.8 Å². The average Bonchev–Trinajstić information content (AvgIpc) is 3.14. The molecule has 0 aliphatic carbocycles. The highest BCUT2D eigenvalue weighted by molar-refractivity contribution is 6.33. The van der Waals surface area contributed by atoms with E-state index in [-0.39, 0.29) is 5.91 Å². The first kappa shape index (κ1) is 14.0. The standard InChI is InChI=1S/C17H12ClN3O2/c18-14-6-2-1-4-12(14)15-8-11(23-20-15)9-21-10-16-13(17(21)22)5-3-7-19-16/h1-8H,9-10H2. The van der Waals surface area contributed by atoms with Crippen molar-refractivity contribution in [1.82, 2.24) is 15.0 Å². The van der Waals surface area contributed by atoms with Gasteiger partial charge in [-0.1, -0.05) is 35.0 Å². The largest absolute Gasteiger partial charge is 0.359 e. The van der Waals surface area contributed by atoms with Gasteiger partial charge in [0.25, 0.3) is 5.91 Å². The van der Waals surface area contributed by atoms with Crippen LogP contribution in [-0.4, -0.2) is 20.9 Å². The smallest absolute Gasteiger partial charge is 0.256 e. The zero-order chi connectivity index (χ0) is 15.8. The molecule has 0 bridgehead atoms. The van der Waals surface area contributed by atoms with E-state index in [0.29, 0.717) is 35.1 Å². The molecular weight excluding hydrogens is 314 g/mol. The van der Waals surface area contributed by atoms with Crippen LogP contribution in [0.25, 0.3) is 11.3 Å². The molecule has 2 aromatic heterocycles. The summed E-state index contributed by atoms with van der Waals surface area (Å²) in [6.07, 6.45) is 1.69. The van der Waals surface area contributed by atoms with Gasteiger partial charge in [-0.2, -0.15) is 0 Å². The number of carbonyl (C=O) groups is 1. The number of halogens is 1. The molecule has 0 unspecified atom stereocenters. The van der Waals surface area contributed by atoms with Gasteiger partial charge < -0.3 is 9.42 Å². The topological polar surface area (TPSA) is 59.2 Å². The minimum absolute atomic E-state index is 0.0382. The second-order valence-electron chi connectivity index (χ2n) is 5.32. The second-order valence-corrected chi connectivity index (χ2v) is 5.72. The lowest BCUT2D eigenvalue weighted by molar-refractivity contribution is 0.0751. The van der Waals surface area contributed by atoms with Gasteiger partial charge >= 0.3 is 0 Å². The Morgan fingerprint density at radius 2 is 2.00 bits per heavy atom. The predicted molar refractivity (Wildman–Crippen MR) is 84.8 cm³/mol. The number of nitrogens with zero attached hydrogens (tertiary/aromatic N) is 3. The van der Waals surface area contributed by atoms with Crippen molar-refractivity contribution in [2.24, 2.45) is 0 Å². The molecule has 0 spiro atoms. The van der Waals surface area contributed by atoms with Gasteiger partial charge in [0.2, 0.25) is 0 Å². The van der Waals surface area contributed by atoms with Gasteiger partial charge in [0.15, 0.2) is 5.76 Å². The minimum Gasteiger partial charge on any atom is -0.359 e. The zero-order valence-electron chi connectivity index (χ0n) is 12.1. The molecule has 23 heavy (non-hydrogen) atoms. The van der Waals surface area contributed by atoms with Gasteiger partial charge in [0.05, 0.1) is 29.4 Å². The molecule has 6 heteroatoms.